The Morgan fingerprint density at radius 1 is 1.19 bits per heavy atom. The van der Waals surface area contributed by atoms with Gasteiger partial charge in [-0.3, -0.25) is 10.2 Å². The molecule has 0 amide bonds. The Balaban J connectivity index is 2.05. The van der Waals surface area contributed by atoms with E-state index < -0.39 is 0 Å². The van der Waals surface area contributed by atoms with E-state index >= 15 is 0 Å². The van der Waals surface area contributed by atoms with Crippen LogP contribution in [0.1, 0.15) is 22.2 Å². The number of aromatic nitrogens is 1. The van der Waals surface area contributed by atoms with Crippen LogP contribution >= 0.6 is 23.1 Å². The van der Waals surface area contributed by atoms with Crippen LogP contribution in [0.15, 0.2) is 59.6 Å². The normalized spacial score (nSPS) is 11.4. The van der Waals surface area contributed by atoms with Crippen molar-refractivity contribution in [1.82, 2.24) is 3.96 Å². The van der Waals surface area contributed by atoms with E-state index in [-0.39, 0.29) is 5.78 Å². The van der Waals surface area contributed by atoms with Gasteiger partial charge in [0.25, 0.3) is 0 Å². The number of aryl methyl sites for hydroxylation is 1. The van der Waals surface area contributed by atoms with Crippen LogP contribution in [0.4, 0.5) is 11.4 Å². The van der Waals surface area contributed by atoms with Crippen LogP contribution in [-0.4, -0.2) is 15.7 Å². The summed E-state index contributed by atoms with van der Waals surface area (Å²) in [6, 6.07) is 16.1. The summed E-state index contributed by atoms with van der Waals surface area (Å²) in [4.78, 5) is 17.3. The van der Waals surface area contributed by atoms with Gasteiger partial charge < -0.3 is 5.32 Å². The van der Waals surface area contributed by atoms with Gasteiger partial charge in [0, 0.05) is 21.2 Å². The van der Waals surface area contributed by atoms with Crippen LogP contribution in [0.5, 0.6) is 0 Å². The summed E-state index contributed by atoms with van der Waals surface area (Å²) in [5, 5.41) is 12.0. The van der Waals surface area contributed by atoms with E-state index in [1.54, 1.807) is 46.4 Å². The van der Waals surface area contributed by atoms with E-state index in [0.717, 1.165) is 10.6 Å². The van der Waals surface area contributed by atoms with Gasteiger partial charge in [0.2, 0.25) is 5.96 Å². The van der Waals surface area contributed by atoms with Gasteiger partial charge in [0.05, 0.1) is 5.69 Å². The number of rotatable bonds is 3. The lowest BCUT2D eigenvalue weighted by Gasteiger charge is -2.11. The highest BCUT2D eigenvalue weighted by molar-refractivity contribution is 7.07. The quantitative estimate of drug-likeness (QED) is 0.385. The number of aliphatic imine (C=N–C) groups is 1. The Bertz CT molecular complexity index is 1030. The van der Waals surface area contributed by atoms with Crippen molar-refractivity contribution in [3.05, 3.63) is 75.5 Å². The zero-order chi connectivity index (χ0) is 18.7. The molecular formula is C19H17ClN4OS. The highest BCUT2D eigenvalue weighted by Gasteiger charge is 2.09. The monoisotopic (exact) mass is 384 g/mol. The molecule has 26 heavy (non-hydrogen) atoms. The van der Waals surface area contributed by atoms with Gasteiger partial charge in [-0.2, -0.15) is 0 Å². The van der Waals surface area contributed by atoms with E-state index in [2.05, 4.69) is 10.3 Å². The van der Waals surface area contributed by atoms with Crippen LogP contribution in [0.25, 0.3) is 0 Å². The number of Topliss-reactive ketones (excluding diaryl/α,β-unsaturated/α-hetero) is 1. The molecule has 1 aromatic heterocycles. The molecule has 5 nitrogen and oxygen atoms in total. The summed E-state index contributed by atoms with van der Waals surface area (Å²) in [5.41, 5.74) is 2.37. The summed E-state index contributed by atoms with van der Waals surface area (Å²) >= 11 is 7.36. The third-order valence-electron chi connectivity index (χ3n) is 3.57. The smallest absolute Gasteiger partial charge is 0.223 e. The summed E-state index contributed by atoms with van der Waals surface area (Å²) in [6.45, 7) is 3.47. The molecule has 2 N–H and O–H groups in total. The number of carbonyl (C=O) groups is 1. The number of halogens is 1. The summed E-state index contributed by atoms with van der Waals surface area (Å²) in [7, 11) is 0. The second-order valence-electron chi connectivity index (χ2n) is 5.70. The van der Waals surface area contributed by atoms with Crippen molar-refractivity contribution in [2.45, 2.75) is 13.8 Å². The first-order valence-electron chi connectivity index (χ1n) is 7.89. The fourth-order valence-corrected chi connectivity index (χ4v) is 3.24. The van der Waals surface area contributed by atoms with Crippen LogP contribution in [0.3, 0.4) is 0 Å². The van der Waals surface area contributed by atoms with Crippen LogP contribution < -0.4 is 10.8 Å². The Morgan fingerprint density at radius 2 is 1.92 bits per heavy atom. The molecule has 0 atom stereocenters. The van der Waals surface area contributed by atoms with Crippen LogP contribution in [-0.2, 0) is 0 Å². The Labute approximate surface area is 160 Å². The molecule has 0 aliphatic heterocycles. The Hall–Kier alpha value is -2.70. The minimum atomic E-state index is -0.00867. The van der Waals surface area contributed by atoms with E-state index in [0.29, 0.717) is 27.7 Å². The number of benzene rings is 2. The third kappa shape index (κ3) is 4.28. The van der Waals surface area contributed by atoms with Crippen molar-refractivity contribution in [2.75, 3.05) is 5.32 Å². The molecule has 0 saturated carbocycles. The number of nitrogens with one attached hydrogen (secondary N) is 2. The fraction of sp³-hybridized carbons (Fsp3) is 0.105. The molecule has 3 aromatic rings. The average molecular weight is 385 g/mol. The van der Waals surface area contributed by atoms with E-state index in [9.17, 15) is 4.79 Å². The highest BCUT2D eigenvalue weighted by Crippen LogP contribution is 2.19. The Kier molecular flexibility index (Phi) is 5.35. The molecular weight excluding hydrogens is 368 g/mol. The maximum Gasteiger partial charge on any atom is 0.223 e. The number of anilines is 1. The standard InChI is InChI=1S/C19H17ClN4OS/c1-12-10-18(21)24(26-12)19(22-16-8-6-15(20)7-9-16)23-17-5-3-4-14(11-17)13(2)25/h3-11,21H,1-2H3,(H,22,23). The zero-order valence-electron chi connectivity index (χ0n) is 14.3. The maximum absolute atomic E-state index is 11.6. The van der Waals surface area contributed by atoms with Crippen molar-refractivity contribution in [3.63, 3.8) is 0 Å². The highest BCUT2D eigenvalue weighted by atomic mass is 35.5. The first-order chi connectivity index (χ1) is 12.4. The average Bonchev–Trinajstić information content (AvgIpc) is 2.95. The molecule has 0 saturated heterocycles. The third-order valence-corrected chi connectivity index (χ3v) is 4.78. The van der Waals surface area contributed by atoms with Gasteiger partial charge in [-0.1, -0.05) is 35.3 Å². The van der Waals surface area contributed by atoms with Gasteiger partial charge in [0.1, 0.15) is 5.49 Å². The molecule has 132 valence electrons. The predicted molar refractivity (Wildman–Crippen MR) is 107 cm³/mol. The van der Waals surface area contributed by atoms with Gasteiger partial charge in [0.15, 0.2) is 5.78 Å². The second-order valence-corrected chi connectivity index (χ2v) is 7.33. The second kappa shape index (κ2) is 7.68. The number of nitrogens with zero attached hydrogens (tertiary/aromatic N) is 2. The first kappa shape index (κ1) is 18.1. The summed E-state index contributed by atoms with van der Waals surface area (Å²) < 4.78 is 1.70. The van der Waals surface area contributed by atoms with Gasteiger partial charge in [-0.25, -0.2) is 8.95 Å². The van der Waals surface area contributed by atoms with Crippen molar-refractivity contribution in [1.29, 1.82) is 5.41 Å². The van der Waals surface area contributed by atoms with Crippen LogP contribution in [0, 0.1) is 12.3 Å². The molecule has 1 heterocycles. The lowest BCUT2D eigenvalue weighted by atomic mass is 10.1. The molecule has 2 aromatic carbocycles. The number of hydrogen-bond donors (Lipinski definition) is 2. The molecule has 3 rings (SSSR count). The molecule has 0 aliphatic carbocycles. The number of carbonyl (C=O) groups excluding carboxylic acids is 1. The SMILES string of the molecule is CC(=O)c1cccc(NC(=Nc2ccc(Cl)cc2)n2sc(C)cc2=N)c1. The summed E-state index contributed by atoms with van der Waals surface area (Å²) in [5.74, 6) is 0.474. The fourth-order valence-electron chi connectivity index (χ4n) is 2.34. The van der Waals surface area contributed by atoms with Gasteiger partial charge >= 0.3 is 0 Å². The molecule has 7 heteroatoms. The Morgan fingerprint density at radius 3 is 2.54 bits per heavy atom. The van der Waals surface area contributed by atoms with Gasteiger partial charge in [-0.15, -0.1) is 0 Å². The van der Waals surface area contributed by atoms with E-state index in [1.165, 1.54) is 18.5 Å². The van der Waals surface area contributed by atoms with E-state index in [4.69, 9.17) is 17.0 Å². The molecule has 0 unspecified atom stereocenters. The maximum atomic E-state index is 11.6. The topological polar surface area (TPSA) is 70.2 Å². The lowest BCUT2D eigenvalue weighted by Crippen LogP contribution is -2.28. The van der Waals surface area contributed by atoms with Gasteiger partial charge in [-0.05, 0) is 56.3 Å². The van der Waals surface area contributed by atoms with E-state index in [1.807, 2.05) is 19.1 Å². The predicted octanol–water partition coefficient (Wildman–Crippen LogP) is 4.84. The minimum Gasteiger partial charge on any atom is -0.325 e. The summed E-state index contributed by atoms with van der Waals surface area (Å²) in [6.07, 6.45) is 0. The zero-order valence-corrected chi connectivity index (χ0v) is 15.9. The minimum absolute atomic E-state index is 0.00867. The first-order valence-corrected chi connectivity index (χ1v) is 9.05. The van der Waals surface area contributed by atoms with Crippen molar-refractivity contribution >= 4 is 46.3 Å². The molecule has 0 radical (unpaired) electrons. The largest absolute Gasteiger partial charge is 0.325 e. The van der Waals surface area contributed by atoms with Crippen molar-refractivity contribution < 1.29 is 4.79 Å². The molecule has 0 aliphatic rings. The molecule has 0 spiro atoms. The number of hydrogen-bond acceptors (Lipinski definition) is 4. The molecule has 0 fully saturated rings. The van der Waals surface area contributed by atoms with Crippen LogP contribution in [0.2, 0.25) is 5.02 Å². The number of ketones is 1. The lowest BCUT2D eigenvalue weighted by molar-refractivity contribution is 0.101. The van der Waals surface area contributed by atoms with Crippen molar-refractivity contribution in [2.24, 2.45) is 4.99 Å². The molecule has 0 bridgehead atoms. The van der Waals surface area contributed by atoms with Crippen molar-refractivity contribution in [3.8, 4) is 0 Å².